The Morgan fingerprint density at radius 2 is 2.05 bits per heavy atom. The molecule has 0 aromatic heterocycles. The molecular weight excluding hydrogens is 308 g/mol. The molecule has 0 bridgehead atoms. The number of hydrazine groups is 1. The summed E-state index contributed by atoms with van der Waals surface area (Å²) in [6, 6.07) is 6.08. The van der Waals surface area contributed by atoms with Crippen LogP contribution in [-0.4, -0.2) is 19.8 Å². The molecule has 3 N–H and O–H groups in total. The molecule has 1 aromatic rings. The van der Waals surface area contributed by atoms with Crippen LogP contribution in [0.4, 0.5) is 0 Å². The number of hydrogen-bond donors (Lipinski definition) is 2. The Morgan fingerprint density at radius 1 is 1.37 bits per heavy atom. The Kier molecular flexibility index (Phi) is 6.26. The van der Waals surface area contributed by atoms with Crippen molar-refractivity contribution in [1.82, 2.24) is 5.43 Å². The minimum Gasteiger partial charge on any atom is -0.496 e. The Bertz CT molecular complexity index is 410. The molecule has 5 heteroatoms. The van der Waals surface area contributed by atoms with Crippen molar-refractivity contribution in [3.8, 4) is 5.75 Å². The zero-order valence-electron chi connectivity index (χ0n) is 12.0. The first-order valence-electron chi connectivity index (χ1n) is 6.28. The topological polar surface area (TPSA) is 56.5 Å². The maximum Gasteiger partial charge on any atom is 0.133 e. The molecule has 1 unspecified atom stereocenters. The molecule has 19 heavy (non-hydrogen) atoms. The molecule has 0 aliphatic carbocycles. The van der Waals surface area contributed by atoms with Gasteiger partial charge in [-0.15, -0.1) is 0 Å². The summed E-state index contributed by atoms with van der Waals surface area (Å²) in [4.78, 5) is 0. The highest BCUT2D eigenvalue weighted by atomic mass is 79.9. The molecule has 1 rings (SSSR count). The number of nitrogens with two attached hydrogens (primary N) is 1. The van der Waals surface area contributed by atoms with Crippen LogP contribution in [-0.2, 0) is 4.74 Å². The summed E-state index contributed by atoms with van der Waals surface area (Å²) in [6.45, 7) is 4.15. The predicted octanol–water partition coefficient (Wildman–Crippen LogP) is 3.17. The molecule has 1 atom stereocenters. The molecule has 0 saturated heterocycles. The quantitative estimate of drug-likeness (QED) is 0.595. The van der Waals surface area contributed by atoms with Crippen molar-refractivity contribution in [3.63, 3.8) is 0 Å². The van der Waals surface area contributed by atoms with Gasteiger partial charge in [-0.1, -0.05) is 6.07 Å². The second-order valence-electron chi connectivity index (χ2n) is 5.12. The van der Waals surface area contributed by atoms with E-state index in [2.05, 4.69) is 35.2 Å². The molecule has 108 valence electrons. The maximum atomic E-state index is 5.66. The van der Waals surface area contributed by atoms with E-state index in [9.17, 15) is 0 Å². The average Bonchev–Trinajstić information content (AvgIpc) is 2.39. The van der Waals surface area contributed by atoms with Gasteiger partial charge in [-0.2, -0.15) is 0 Å². The van der Waals surface area contributed by atoms with Crippen molar-refractivity contribution < 1.29 is 9.47 Å². The summed E-state index contributed by atoms with van der Waals surface area (Å²) in [7, 11) is 3.38. The second kappa shape index (κ2) is 7.24. The maximum absolute atomic E-state index is 5.66. The Balaban J connectivity index is 2.77. The molecule has 0 heterocycles. The van der Waals surface area contributed by atoms with Gasteiger partial charge in [0.15, 0.2) is 0 Å². The first-order valence-corrected chi connectivity index (χ1v) is 7.07. The minimum absolute atomic E-state index is 0.0941. The van der Waals surface area contributed by atoms with Crippen molar-refractivity contribution in [2.75, 3.05) is 14.2 Å². The molecule has 0 aliphatic rings. The van der Waals surface area contributed by atoms with Crippen molar-refractivity contribution >= 4 is 15.9 Å². The van der Waals surface area contributed by atoms with Gasteiger partial charge in [-0.3, -0.25) is 11.3 Å². The molecule has 0 amide bonds. The number of ether oxygens (including phenoxy) is 2. The first-order chi connectivity index (χ1) is 8.93. The molecule has 0 aliphatic heterocycles. The fourth-order valence-electron chi connectivity index (χ4n) is 1.84. The van der Waals surface area contributed by atoms with Crippen LogP contribution < -0.4 is 16.0 Å². The number of halogens is 1. The smallest absolute Gasteiger partial charge is 0.133 e. The van der Waals surface area contributed by atoms with Gasteiger partial charge in [0.05, 0.1) is 17.2 Å². The van der Waals surface area contributed by atoms with E-state index in [0.717, 1.165) is 28.6 Å². The van der Waals surface area contributed by atoms with Crippen LogP contribution in [0.3, 0.4) is 0 Å². The lowest BCUT2D eigenvalue weighted by Gasteiger charge is -2.26. The number of rotatable bonds is 7. The van der Waals surface area contributed by atoms with E-state index in [1.165, 1.54) is 0 Å². The number of benzene rings is 1. The lowest BCUT2D eigenvalue weighted by molar-refractivity contribution is 0.0117. The van der Waals surface area contributed by atoms with Gasteiger partial charge in [0.2, 0.25) is 0 Å². The van der Waals surface area contributed by atoms with E-state index in [1.807, 2.05) is 18.2 Å². The van der Waals surface area contributed by atoms with E-state index in [4.69, 9.17) is 15.3 Å². The Hall–Kier alpha value is -0.620. The summed E-state index contributed by atoms with van der Waals surface area (Å²) in [6.07, 6.45) is 1.82. The van der Waals surface area contributed by atoms with E-state index in [-0.39, 0.29) is 11.6 Å². The molecule has 0 saturated carbocycles. The SMILES string of the molecule is COc1ccc(C(CCC(C)(C)OC)NN)cc1Br. The number of nitrogens with one attached hydrogen (secondary N) is 1. The van der Waals surface area contributed by atoms with E-state index in [1.54, 1.807) is 14.2 Å². The first kappa shape index (κ1) is 16.4. The summed E-state index contributed by atoms with van der Waals surface area (Å²) in [5.41, 5.74) is 3.85. The summed E-state index contributed by atoms with van der Waals surface area (Å²) >= 11 is 3.49. The van der Waals surface area contributed by atoms with Crippen LogP contribution in [0.1, 0.15) is 38.3 Å². The second-order valence-corrected chi connectivity index (χ2v) is 5.97. The molecule has 0 radical (unpaired) electrons. The molecular formula is C14H23BrN2O2. The lowest BCUT2D eigenvalue weighted by atomic mass is 9.95. The number of methoxy groups -OCH3 is 2. The zero-order chi connectivity index (χ0) is 14.5. The third-order valence-electron chi connectivity index (χ3n) is 3.37. The highest BCUT2D eigenvalue weighted by Crippen LogP contribution is 2.30. The fourth-order valence-corrected chi connectivity index (χ4v) is 2.40. The van der Waals surface area contributed by atoms with Gasteiger partial charge in [-0.25, -0.2) is 0 Å². The van der Waals surface area contributed by atoms with E-state index >= 15 is 0 Å². The average molecular weight is 331 g/mol. The molecule has 0 fully saturated rings. The highest BCUT2D eigenvalue weighted by Gasteiger charge is 2.20. The summed E-state index contributed by atoms with van der Waals surface area (Å²) in [5.74, 6) is 6.48. The van der Waals surface area contributed by atoms with Gasteiger partial charge >= 0.3 is 0 Å². The van der Waals surface area contributed by atoms with Gasteiger partial charge in [0, 0.05) is 13.2 Å². The normalized spacial score (nSPS) is 13.4. The lowest BCUT2D eigenvalue weighted by Crippen LogP contribution is -2.31. The standard InChI is InChI=1S/C14H23BrN2O2/c1-14(2,19-4)8-7-12(17-16)10-5-6-13(18-3)11(15)9-10/h5-6,9,12,17H,7-8,16H2,1-4H3. The third-order valence-corrected chi connectivity index (χ3v) is 3.99. The highest BCUT2D eigenvalue weighted by molar-refractivity contribution is 9.10. The van der Waals surface area contributed by atoms with Gasteiger partial charge < -0.3 is 9.47 Å². The van der Waals surface area contributed by atoms with Gasteiger partial charge in [0.25, 0.3) is 0 Å². The van der Waals surface area contributed by atoms with Crippen molar-refractivity contribution in [1.29, 1.82) is 0 Å². The third kappa shape index (κ3) is 4.76. The Morgan fingerprint density at radius 3 is 2.53 bits per heavy atom. The minimum atomic E-state index is -0.140. The van der Waals surface area contributed by atoms with Gasteiger partial charge in [0.1, 0.15) is 5.75 Å². The van der Waals surface area contributed by atoms with Crippen molar-refractivity contribution in [3.05, 3.63) is 28.2 Å². The van der Waals surface area contributed by atoms with Crippen LogP contribution in [0.2, 0.25) is 0 Å². The van der Waals surface area contributed by atoms with Crippen molar-refractivity contribution in [2.24, 2.45) is 5.84 Å². The summed E-state index contributed by atoms with van der Waals surface area (Å²) < 4.78 is 11.6. The van der Waals surface area contributed by atoms with E-state index in [0.29, 0.717) is 0 Å². The zero-order valence-corrected chi connectivity index (χ0v) is 13.6. The molecule has 4 nitrogen and oxygen atoms in total. The van der Waals surface area contributed by atoms with Crippen LogP contribution in [0, 0.1) is 0 Å². The predicted molar refractivity (Wildman–Crippen MR) is 81.1 cm³/mol. The number of hydrogen-bond acceptors (Lipinski definition) is 4. The molecule has 1 aromatic carbocycles. The van der Waals surface area contributed by atoms with E-state index < -0.39 is 0 Å². The van der Waals surface area contributed by atoms with Crippen LogP contribution in [0.25, 0.3) is 0 Å². The van der Waals surface area contributed by atoms with Gasteiger partial charge in [-0.05, 0) is 60.3 Å². The van der Waals surface area contributed by atoms with Crippen LogP contribution in [0.5, 0.6) is 5.75 Å². The van der Waals surface area contributed by atoms with Crippen LogP contribution >= 0.6 is 15.9 Å². The summed E-state index contributed by atoms with van der Waals surface area (Å²) in [5, 5.41) is 0. The fraction of sp³-hybridized carbons (Fsp3) is 0.571. The largest absolute Gasteiger partial charge is 0.496 e. The Labute approximate surface area is 123 Å². The monoisotopic (exact) mass is 330 g/mol. The molecule has 0 spiro atoms. The van der Waals surface area contributed by atoms with Crippen LogP contribution in [0.15, 0.2) is 22.7 Å². The van der Waals surface area contributed by atoms with Crippen molar-refractivity contribution in [2.45, 2.75) is 38.3 Å².